The molecular weight excluding hydrogens is 272 g/mol. The van der Waals surface area contributed by atoms with Gasteiger partial charge < -0.3 is 9.80 Å². The Kier molecular flexibility index (Phi) is 4.52. The third kappa shape index (κ3) is 3.55. The minimum atomic E-state index is -0.519. The van der Waals surface area contributed by atoms with Gasteiger partial charge in [-0.1, -0.05) is 0 Å². The Labute approximate surface area is 123 Å². The quantitative estimate of drug-likeness (QED) is 0.615. The summed E-state index contributed by atoms with van der Waals surface area (Å²) in [6.07, 6.45) is 2.88. The van der Waals surface area contributed by atoms with Gasteiger partial charge in [-0.05, 0) is 39.4 Å². The maximum absolute atomic E-state index is 12.3. The number of pyridine rings is 1. The van der Waals surface area contributed by atoms with Gasteiger partial charge >= 0.3 is 0 Å². The molecule has 1 unspecified atom stereocenters. The van der Waals surface area contributed by atoms with E-state index in [2.05, 4.69) is 9.88 Å². The predicted molar refractivity (Wildman–Crippen MR) is 78.2 cm³/mol. The van der Waals surface area contributed by atoms with Crippen LogP contribution in [0, 0.1) is 16.0 Å². The van der Waals surface area contributed by atoms with Crippen LogP contribution < -0.4 is 0 Å². The summed E-state index contributed by atoms with van der Waals surface area (Å²) >= 11 is 0. The van der Waals surface area contributed by atoms with Crippen molar-refractivity contribution in [1.29, 1.82) is 0 Å². The SMILES string of the molecule is CN(C)CCC1Cc2ncc([N+](=O)[O-])cc2C(=O)N(C)C1. The van der Waals surface area contributed by atoms with E-state index in [1.807, 2.05) is 14.1 Å². The highest BCUT2D eigenvalue weighted by molar-refractivity contribution is 5.96. The Morgan fingerprint density at radius 3 is 2.86 bits per heavy atom. The molecule has 0 aliphatic carbocycles. The summed E-state index contributed by atoms with van der Waals surface area (Å²) < 4.78 is 0. The van der Waals surface area contributed by atoms with Crippen molar-refractivity contribution in [1.82, 2.24) is 14.8 Å². The monoisotopic (exact) mass is 292 g/mol. The van der Waals surface area contributed by atoms with Gasteiger partial charge in [-0.25, -0.2) is 0 Å². The molecule has 7 nitrogen and oxygen atoms in total. The molecule has 7 heteroatoms. The molecule has 1 aromatic rings. The van der Waals surface area contributed by atoms with Gasteiger partial charge in [0.2, 0.25) is 0 Å². The first-order chi connectivity index (χ1) is 9.88. The topological polar surface area (TPSA) is 79.6 Å². The largest absolute Gasteiger partial charge is 0.341 e. The summed E-state index contributed by atoms with van der Waals surface area (Å²) in [6, 6.07) is 1.34. The molecule has 1 atom stereocenters. The number of rotatable bonds is 4. The van der Waals surface area contributed by atoms with E-state index < -0.39 is 4.92 Å². The van der Waals surface area contributed by atoms with E-state index in [0.717, 1.165) is 13.0 Å². The molecular formula is C14H20N4O3. The number of nitrogens with zero attached hydrogens (tertiary/aromatic N) is 4. The minimum Gasteiger partial charge on any atom is -0.341 e. The highest BCUT2D eigenvalue weighted by Gasteiger charge is 2.28. The van der Waals surface area contributed by atoms with Crippen LogP contribution in [0.15, 0.2) is 12.3 Å². The van der Waals surface area contributed by atoms with Gasteiger partial charge in [0.15, 0.2) is 0 Å². The van der Waals surface area contributed by atoms with Gasteiger partial charge in [0, 0.05) is 19.7 Å². The lowest BCUT2D eigenvalue weighted by Crippen LogP contribution is -2.31. The average molecular weight is 292 g/mol. The smallest absolute Gasteiger partial charge is 0.288 e. The summed E-state index contributed by atoms with van der Waals surface area (Å²) in [5.41, 5.74) is 0.889. The van der Waals surface area contributed by atoms with Crippen LogP contribution in [0.5, 0.6) is 0 Å². The third-order valence-electron chi connectivity index (χ3n) is 3.74. The van der Waals surface area contributed by atoms with E-state index in [-0.39, 0.29) is 11.6 Å². The number of carbonyl (C=O) groups is 1. The zero-order chi connectivity index (χ0) is 15.6. The van der Waals surface area contributed by atoms with E-state index in [0.29, 0.717) is 30.1 Å². The van der Waals surface area contributed by atoms with Crippen molar-refractivity contribution in [3.05, 3.63) is 33.6 Å². The maximum Gasteiger partial charge on any atom is 0.288 e. The van der Waals surface area contributed by atoms with Crippen LogP contribution >= 0.6 is 0 Å². The zero-order valence-corrected chi connectivity index (χ0v) is 12.6. The molecule has 2 rings (SSSR count). The average Bonchev–Trinajstić information content (AvgIpc) is 2.54. The van der Waals surface area contributed by atoms with E-state index in [4.69, 9.17) is 0 Å². The molecule has 0 saturated carbocycles. The predicted octanol–water partition coefficient (Wildman–Crippen LogP) is 1.19. The number of hydrogen-bond donors (Lipinski definition) is 0. The van der Waals surface area contributed by atoms with Crippen LogP contribution in [0.25, 0.3) is 0 Å². The summed E-state index contributed by atoms with van der Waals surface area (Å²) in [7, 11) is 5.77. The molecule has 1 aromatic heterocycles. The fourth-order valence-corrected chi connectivity index (χ4v) is 2.58. The molecule has 21 heavy (non-hydrogen) atoms. The molecule has 0 aromatic carbocycles. The van der Waals surface area contributed by atoms with Crippen molar-refractivity contribution in [2.45, 2.75) is 12.8 Å². The van der Waals surface area contributed by atoms with Gasteiger partial charge in [0.1, 0.15) is 6.20 Å². The van der Waals surface area contributed by atoms with Crippen LogP contribution in [0.1, 0.15) is 22.5 Å². The van der Waals surface area contributed by atoms with Gasteiger partial charge in [0.05, 0.1) is 16.2 Å². The summed E-state index contributed by atoms with van der Waals surface area (Å²) in [5.74, 6) is 0.130. The number of hydrogen-bond acceptors (Lipinski definition) is 5. The highest BCUT2D eigenvalue weighted by atomic mass is 16.6. The second-order valence-corrected chi connectivity index (χ2v) is 5.79. The first kappa shape index (κ1) is 15.4. The van der Waals surface area contributed by atoms with E-state index >= 15 is 0 Å². The van der Waals surface area contributed by atoms with Crippen molar-refractivity contribution >= 4 is 11.6 Å². The fraction of sp³-hybridized carbons (Fsp3) is 0.571. The van der Waals surface area contributed by atoms with E-state index in [9.17, 15) is 14.9 Å². The van der Waals surface area contributed by atoms with Crippen molar-refractivity contribution in [2.75, 3.05) is 34.2 Å². The van der Waals surface area contributed by atoms with Crippen molar-refractivity contribution in [3.8, 4) is 0 Å². The zero-order valence-electron chi connectivity index (χ0n) is 12.6. The normalized spacial score (nSPS) is 18.6. The molecule has 0 bridgehead atoms. The first-order valence-electron chi connectivity index (χ1n) is 6.92. The van der Waals surface area contributed by atoms with Gasteiger partial charge in [-0.2, -0.15) is 0 Å². The lowest BCUT2D eigenvalue weighted by Gasteiger charge is -2.21. The molecule has 1 amide bonds. The first-order valence-corrected chi connectivity index (χ1v) is 6.92. The van der Waals surface area contributed by atoms with Crippen LogP contribution in [0.3, 0.4) is 0 Å². The fourth-order valence-electron chi connectivity index (χ4n) is 2.58. The molecule has 0 saturated heterocycles. The molecule has 0 spiro atoms. The maximum atomic E-state index is 12.3. The minimum absolute atomic E-state index is 0.137. The lowest BCUT2D eigenvalue weighted by molar-refractivity contribution is -0.385. The lowest BCUT2D eigenvalue weighted by atomic mass is 9.98. The Morgan fingerprint density at radius 1 is 1.52 bits per heavy atom. The van der Waals surface area contributed by atoms with Gasteiger partial charge in [0.25, 0.3) is 11.6 Å². The third-order valence-corrected chi connectivity index (χ3v) is 3.74. The van der Waals surface area contributed by atoms with Crippen LogP contribution in [0.4, 0.5) is 5.69 Å². The van der Waals surface area contributed by atoms with Crippen LogP contribution in [0.2, 0.25) is 0 Å². The summed E-state index contributed by atoms with van der Waals surface area (Å²) in [6.45, 7) is 1.59. The number of fused-ring (bicyclic) bond motifs is 1. The van der Waals surface area contributed by atoms with Crippen molar-refractivity contribution in [3.63, 3.8) is 0 Å². The molecule has 1 aliphatic rings. The second kappa shape index (κ2) is 6.17. The molecule has 0 N–H and O–H groups in total. The van der Waals surface area contributed by atoms with E-state index in [1.165, 1.54) is 12.3 Å². The number of nitro groups is 1. The van der Waals surface area contributed by atoms with E-state index in [1.54, 1.807) is 11.9 Å². The Balaban J connectivity index is 2.28. The van der Waals surface area contributed by atoms with Gasteiger partial charge in [-0.3, -0.25) is 19.9 Å². The Morgan fingerprint density at radius 2 is 2.24 bits per heavy atom. The van der Waals surface area contributed by atoms with Gasteiger partial charge in [-0.15, -0.1) is 0 Å². The Hall–Kier alpha value is -2.02. The summed E-state index contributed by atoms with van der Waals surface area (Å²) in [5, 5.41) is 10.8. The number of carbonyl (C=O) groups excluding carboxylic acids is 1. The standard InChI is InChI=1S/C14H20N4O3/c1-16(2)5-4-10-6-13-12(14(19)17(3)9-10)7-11(8-15-13)18(20)21/h7-8,10H,4-6,9H2,1-3H3. The molecule has 2 heterocycles. The molecule has 0 fully saturated rings. The number of aromatic nitrogens is 1. The van der Waals surface area contributed by atoms with Crippen LogP contribution in [-0.4, -0.2) is 59.8 Å². The second-order valence-electron chi connectivity index (χ2n) is 5.79. The number of amides is 1. The molecule has 114 valence electrons. The van der Waals surface area contributed by atoms with Crippen LogP contribution in [-0.2, 0) is 6.42 Å². The molecule has 0 radical (unpaired) electrons. The molecule has 1 aliphatic heterocycles. The van der Waals surface area contributed by atoms with Crippen molar-refractivity contribution < 1.29 is 9.72 Å². The van der Waals surface area contributed by atoms with Crippen molar-refractivity contribution in [2.24, 2.45) is 5.92 Å². The Bertz CT molecular complexity index is 559. The highest BCUT2D eigenvalue weighted by Crippen LogP contribution is 2.24. The summed E-state index contributed by atoms with van der Waals surface area (Å²) in [4.78, 5) is 30.6.